The number of likely N-dealkylation sites (N-methyl/N-ethyl adjacent to an activating group) is 1. The predicted molar refractivity (Wildman–Crippen MR) is 167 cm³/mol. The van der Waals surface area contributed by atoms with Gasteiger partial charge >= 0.3 is 0 Å². The summed E-state index contributed by atoms with van der Waals surface area (Å²) in [4.78, 5) is 2.38. The van der Waals surface area contributed by atoms with Crippen LogP contribution in [0.3, 0.4) is 0 Å². The van der Waals surface area contributed by atoms with E-state index < -0.39 is 0 Å². The number of benzene rings is 3. The van der Waals surface area contributed by atoms with Crippen molar-refractivity contribution in [3.63, 3.8) is 0 Å². The lowest BCUT2D eigenvalue weighted by molar-refractivity contribution is -0.440. The molecular weight excluding hydrogens is 472 g/mol. The van der Waals surface area contributed by atoms with Crippen LogP contribution in [0.5, 0.6) is 0 Å². The van der Waals surface area contributed by atoms with E-state index in [9.17, 15) is 0 Å². The fourth-order valence-electron chi connectivity index (χ4n) is 7.08. The lowest BCUT2D eigenvalue weighted by Crippen LogP contribution is -2.22. The Kier molecular flexibility index (Phi) is 6.46. The maximum atomic E-state index is 2.43. The van der Waals surface area contributed by atoms with E-state index in [-0.39, 0.29) is 10.8 Å². The van der Waals surface area contributed by atoms with Gasteiger partial charge in [0.2, 0.25) is 5.69 Å². The second kappa shape index (κ2) is 9.83. The molecule has 0 amide bonds. The summed E-state index contributed by atoms with van der Waals surface area (Å²) >= 11 is 0. The van der Waals surface area contributed by atoms with E-state index in [1.165, 1.54) is 63.0 Å². The maximum absolute atomic E-state index is 2.43. The number of aryl methyl sites for hydroxylation is 1. The van der Waals surface area contributed by atoms with Crippen molar-refractivity contribution in [2.75, 3.05) is 18.5 Å². The summed E-state index contributed by atoms with van der Waals surface area (Å²) in [6, 6.07) is 22.2. The van der Waals surface area contributed by atoms with Crippen LogP contribution < -0.4 is 4.90 Å². The molecule has 3 aromatic carbocycles. The third-order valence-corrected chi connectivity index (χ3v) is 8.81. The highest BCUT2D eigenvalue weighted by atomic mass is 15.2. The average Bonchev–Trinajstić information content (AvgIpc) is 3.11. The molecule has 1 aliphatic carbocycles. The highest BCUT2D eigenvalue weighted by molar-refractivity contribution is 5.94. The number of nitrogens with zero attached hydrogens (tertiary/aromatic N) is 2. The summed E-state index contributed by atoms with van der Waals surface area (Å²) in [5, 5.41) is 2.67. The second-order valence-corrected chi connectivity index (χ2v) is 12.8. The van der Waals surface area contributed by atoms with Crippen LogP contribution >= 0.6 is 0 Å². The molecule has 0 atom stereocenters. The Morgan fingerprint density at radius 1 is 0.872 bits per heavy atom. The second-order valence-electron chi connectivity index (χ2n) is 12.8. The Bertz CT molecular complexity index is 1590. The molecule has 0 aromatic heterocycles. The Hall–Kier alpha value is -3.65. The van der Waals surface area contributed by atoms with Crippen LogP contribution in [0.4, 0.5) is 11.4 Å². The highest BCUT2D eigenvalue weighted by Crippen LogP contribution is 2.50. The first-order valence-corrected chi connectivity index (χ1v) is 14.5. The standard InChI is InChI=1S/C37H41N2/c1-36(2)25-27(24-28(26-36)21-23-39-22-11-15-30-14-7-9-17-32(30)39)12-10-18-34-37(3,4)35-31-16-8-6-13-29(31)19-20-33(35)38(34)5/h6-10,12-14,16-21,23-24H,11,15,22,25-26H2,1-5H3/q+1. The van der Waals surface area contributed by atoms with Crippen molar-refractivity contribution < 1.29 is 4.58 Å². The zero-order valence-electron chi connectivity index (χ0n) is 24.2. The van der Waals surface area contributed by atoms with Crippen molar-refractivity contribution in [3.05, 3.63) is 119 Å². The number of rotatable bonds is 3. The molecule has 39 heavy (non-hydrogen) atoms. The SMILES string of the molecule is CN1/C(=C/C=C/C2=CC(=C/C=[N+]3CCCc4ccccc43)/CC(C)(C)C2)C(C)(C)c2c1ccc1ccccc21. The van der Waals surface area contributed by atoms with Gasteiger partial charge in [-0.25, -0.2) is 0 Å². The summed E-state index contributed by atoms with van der Waals surface area (Å²) in [7, 11) is 2.21. The minimum atomic E-state index is -0.0553. The molecule has 0 saturated heterocycles. The third-order valence-electron chi connectivity index (χ3n) is 8.81. The van der Waals surface area contributed by atoms with Crippen molar-refractivity contribution in [1.29, 1.82) is 0 Å². The fraction of sp³-hybridized carbons (Fsp3) is 0.324. The van der Waals surface area contributed by atoms with Gasteiger partial charge in [0.25, 0.3) is 0 Å². The number of hydrogen-bond donors (Lipinski definition) is 0. The van der Waals surface area contributed by atoms with E-state index >= 15 is 0 Å². The first-order valence-electron chi connectivity index (χ1n) is 14.5. The first-order chi connectivity index (χ1) is 18.7. The largest absolute Gasteiger partial charge is 0.347 e. The van der Waals surface area contributed by atoms with Gasteiger partial charge in [0.1, 0.15) is 6.54 Å². The molecule has 2 heteroatoms. The van der Waals surface area contributed by atoms with Crippen molar-refractivity contribution in [1.82, 2.24) is 0 Å². The van der Waals surface area contributed by atoms with Crippen LogP contribution in [0.25, 0.3) is 10.8 Å². The van der Waals surface area contributed by atoms with Crippen molar-refractivity contribution in [3.8, 4) is 0 Å². The van der Waals surface area contributed by atoms with Crippen LogP contribution in [0.15, 0.2) is 108 Å². The lowest BCUT2D eigenvalue weighted by atomic mass is 9.75. The number of allylic oxidation sites excluding steroid dienone is 8. The zero-order chi connectivity index (χ0) is 27.2. The summed E-state index contributed by atoms with van der Waals surface area (Å²) in [5.41, 5.74) is 9.93. The van der Waals surface area contributed by atoms with Gasteiger partial charge in [0.05, 0.1) is 0 Å². The molecule has 2 nitrogen and oxygen atoms in total. The lowest BCUT2D eigenvalue weighted by Gasteiger charge is -2.30. The Balaban J connectivity index is 1.29. The van der Waals surface area contributed by atoms with Crippen LogP contribution in [-0.4, -0.2) is 24.4 Å². The van der Waals surface area contributed by atoms with Crippen LogP contribution in [-0.2, 0) is 11.8 Å². The van der Waals surface area contributed by atoms with Crippen molar-refractivity contribution >= 4 is 28.4 Å². The number of para-hydroxylation sites is 1. The van der Waals surface area contributed by atoms with Crippen LogP contribution in [0.1, 0.15) is 58.1 Å². The molecule has 2 heterocycles. The van der Waals surface area contributed by atoms with Gasteiger partial charge in [0.15, 0.2) is 6.21 Å². The molecule has 198 valence electrons. The van der Waals surface area contributed by atoms with Crippen LogP contribution in [0, 0.1) is 5.41 Å². The summed E-state index contributed by atoms with van der Waals surface area (Å²) in [6.07, 6.45) is 18.6. The van der Waals surface area contributed by atoms with Gasteiger partial charge in [-0.05, 0) is 64.3 Å². The van der Waals surface area contributed by atoms with E-state index in [1.807, 2.05) is 0 Å². The number of fused-ring (bicyclic) bond motifs is 4. The highest BCUT2D eigenvalue weighted by Gasteiger charge is 2.39. The molecule has 0 bridgehead atoms. The topological polar surface area (TPSA) is 6.25 Å². The molecule has 0 N–H and O–H groups in total. The molecule has 0 fully saturated rings. The average molecular weight is 514 g/mol. The van der Waals surface area contributed by atoms with E-state index in [2.05, 4.69) is 141 Å². The van der Waals surface area contributed by atoms with Crippen molar-refractivity contribution in [2.45, 2.75) is 58.8 Å². The minimum absolute atomic E-state index is 0.0553. The van der Waals surface area contributed by atoms with E-state index in [0.717, 1.165) is 19.4 Å². The fourth-order valence-corrected chi connectivity index (χ4v) is 7.08. The Morgan fingerprint density at radius 3 is 2.54 bits per heavy atom. The quantitative estimate of drug-likeness (QED) is 0.317. The molecule has 3 aromatic rings. The molecule has 6 rings (SSSR count). The van der Waals surface area contributed by atoms with Gasteiger partial charge in [-0.15, -0.1) is 0 Å². The number of hydrogen-bond acceptors (Lipinski definition) is 1. The molecule has 0 radical (unpaired) electrons. The summed E-state index contributed by atoms with van der Waals surface area (Å²) < 4.78 is 2.43. The predicted octanol–water partition coefficient (Wildman–Crippen LogP) is 9.04. The Morgan fingerprint density at radius 2 is 1.67 bits per heavy atom. The van der Waals surface area contributed by atoms with Gasteiger partial charge in [-0.2, -0.15) is 4.58 Å². The van der Waals surface area contributed by atoms with Crippen LogP contribution in [0.2, 0.25) is 0 Å². The molecule has 0 unspecified atom stereocenters. The molecular formula is C37H41N2+. The van der Waals surface area contributed by atoms with E-state index in [0.29, 0.717) is 0 Å². The monoisotopic (exact) mass is 513 g/mol. The van der Waals surface area contributed by atoms with Gasteiger partial charge in [0, 0.05) is 48.0 Å². The Labute approximate surface area is 234 Å². The molecule has 2 aliphatic heterocycles. The summed E-state index contributed by atoms with van der Waals surface area (Å²) in [6.45, 7) is 10.6. The molecule has 0 saturated carbocycles. The first kappa shape index (κ1) is 25.6. The normalized spacial score (nSPS) is 23.1. The van der Waals surface area contributed by atoms with Gasteiger partial charge in [-0.1, -0.05) is 94.5 Å². The zero-order valence-corrected chi connectivity index (χ0v) is 24.2. The summed E-state index contributed by atoms with van der Waals surface area (Å²) in [5.74, 6) is 0. The van der Waals surface area contributed by atoms with E-state index in [1.54, 1.807) is 0 Å². The number of anilines is 1. The van der Waals surface area contributed by atoms with Crippen molar-refractivity contribution in [2.24, 2.45) is 5.41 Å². The minimum Gasteiger partial charge on any atom is -0.347 e. The van der Waals surface area contributed by atoms with Gasteiger partial charge < -0.3 is 4.90 Å². The maximum Gasteiger partial charge on any atom is 0.208 e. The molecule has 0 spiro atoms. The van der Waals surface area contributed by atoms with Gasteiger partial charge in [-0.3, -0.25) is 0 Å². The third kappa shape index (κ3) is 4.82. The molecule has 3 aliphatic rings. The smallest absolute Gasteiger partial charge is 0.208 e. The van der Waals surface area contributed by atoms with E-state index in [4.69, 9.17) is 0 Å².